The summed E-state index contributed by atoms with van der Waals surface area (Å²) in [5.74, 6) is 0.220. The predicted molar refractivity (Wildman–Crippen MR) is 107 cm³/mol. The molecule has 1 unspecified atom stereocenters. The number of carboxylic acids is 1. The third kappa shape index (κ3) is 3.53. The predicted octanol–water partition coefficient (Wildman–Crippen LogP) is 4.79. The minimum Gasteiger partial charge on any atom is -0.493 e. The molecule has 0 radical (unpaired) electrons. The molecular weight excluding hydrogens is 360 g/mol. The van der Waals surface area contributed by atoms with Gasteiger partial charge >= 0.3 is 5.97 Å². The fraction of sp³-hybridized carbons (Fsp3) is 0.238. The second-order valence-electron chi connectivity index (χ2n) is 6.58. The van der Waals surface area contributed by atoms with E-state index >= 15 is 0 Å². The summed E-state index contributed by atoms with van der Waals surface area (Å²) >= 11 is 1.74. The van der Waals surface area contributed by atoms with Crippen LogP contribution in [-0.2, 0) is 0 Å². The van der Waals surface area contributed by atoms with Crippen molar-refractivity contribution in [3.8, 4) is 16.9 Å². The number of benzene rings is 1. The van der Waals surface area contributed by atoms with E-state index in [4.69, 9.17) is 4.74 Å². The first-order valence-corrected chi connectivity index (χ1v) is 9.74. The fourth-order valence-electron chi connectivity index (χ4n) is 3.48. The number of hydrogen-bond acceptors (Lipinski definition) is 5. The summed E-state index contributed by atoms with van der Waals surface area (Å²) in [5.41, 5.74) is 4.35. The molecule has 0 fully saturated rings. The highest BCUT2D eigenvalue weighted by Gasteiger charge is 2.23. The van der Waals surface area contributed by atoms with E-state index in [0.29, 0.717) is 18.8 Å². The molecule has 0 saturated carbocycles. The summed E-state index contributed by atoms with van der Waals surface area (Å²) in [6.45, 7) is 3.42. The van der Waals surface area contributed by atoms with Crippen LogP contribution in [0.1, 0.15) is 33.1 Å². The van der Waals surface area contributed by atoms with E-state index in [1.807, 2.05) is 0 Å². The largest absolute Gasteiger partial charge is 0.493 e. The van der Waals surface area contributed by atoms with Crippen LogP contribution >= 0.6 is 11.3 Å². The lowest BCUT2D eigenvalue weighted by Crippen LogP contribution is -2.21. The molecule has 6 heteroatoms. The number of rotatable bonds is 5. The van der Waals surface area contributed by atoms with E-state index in [-0.39, 0.29) is 11.5 Å². The number of pyridine rings is 1. The monoisotopic (exact) mass is 380 g/mol. The summed E-state index contributed by atoms with van der Waals surface area (Å²) < 4.78 is 5.92. The van der Waals surface area contributed by atoms with Crippen molar-refractivity contribution >= 4 is 23.0 Å². The minimum atomic E-state index is -0.956. The number of nitrogens with one attached hydrogen (secondary N) is 1. The van der Waals surface area contributed by atoms with Crippen molar-refractivity contribution in [3.05, 3.63) is 64.1 Å². The number of carbonyl (C=O) groups is 1. The lowest BCUT2D eigenvalue weighted by Gasteiger charge is -2.27. The first kappa shape index (κ1) is 17.5. The van der Waals surface area contributed by atoms with Gasteiger partial charge in [-0.25, -0.2) is 4.79 Å². The molecule has 1 aromatic carbocycles. The number of thiophene rings is 1. The first-order chi connectivity index (χ1) is 13.1. The van der Waals surface area contributed by atoms with Crippen LogP contribution in [0.4, 0.5) is 5.69 Å². The van der Waals surface area contributed by atoms with Crippen LogP contribution in [0.5, 0.6) is 5.75 Å². The maximum Gasteiger partial charge on any atom is 0.337 e. The summed E-state index contributed by atoms with van der Waals surface area (Å²) in [5, 5.41) is 14.7. The van der Waals surface area contributed by atoms with Crippen LogP contribution in [-0.4, -0.2) is 29.2 Å². The second kappa shape index (κ2) is 7.40. The Morgan fingerprint density at radius 1 is 1.37 bits per heavy atom. The fourth-order valence-corrected chi connectivity index (χ4v) is 4.20. The third-order valence-electron chi connectivity index (χ3n) is 4.94. The lowest BCUT2D eigenvalue weighted by atomic mass is 9.91. The highest BCUT2D eigenvalue weighted by atomic mass is 32.1. The minimum absolute atomic E-state index is 0.237. The van der Waals surface area contributed by atoms with Crippen molar-refractivity contribution in [1.29, 1.82) is 0 Å². The van der Waals surface area contributed by atoms with Gasteiger partial charge in [-0.1, -0.05) is 12.1 Å². The van der Waals surface area contributed by atoms with E-state index in [2.05, 4.69) is 46.9 Å². The van der Waals surface area contributed by atoms with Gasteiger partial charge in [0, 0.05) is 23.5 Å². The van der Waals surface area contributed by atoms with Crippen molar-refractivity contribution in [1.82, 2.24) is 4.98 Å². The molecule has 3 heterocycles. The number of fused-ring (bicyclic) bond motifs is 1. The van der Waals surface area contributed by atoms with E-state index in [0.717, 1.165) is 17.7 Å². The third-order valence-corrected chi connectivity index (χ3v) is 5.78. The molecular formula is C21H20N2O3S. The summed E-state index contributed by atoms with van der Waals surface area (Å²) in [7, 11) is 0. The Hall–Kier alpha value is -2.86. The zero-order valence-corrected chi connectivity index (χ0v) is 15.8. The number of ether oxygens (including phenoxy) is 1. The number of nitrogens with zero attached hydrogens (tertiary/aromatic N) is 1. The molecule has 2 aromatic heterocycles. The van der Waals surface area contributed by atoms with Gasteiger partial charge in [0.25, 0.3) is 0 Å². The molecule has 1 atom stereocenters. The maximum atomic E-state index is 11.4. The molecule has 138 valence electrons. The highest BCUT2D eigenvalue weighted by Crippen LogP contribution is 2.38. The zero-order chi connectivity index (χ0) is 18.8. The molecule has 0 amide bonds. The zero-order valence-electron chi connectivity index (χ0n) is 14.9. The Balaban J connectivity index is 1.56. The van der Waals surface area contributed by atoms with Gasteiger partial charge < -0.3 is 15.2 Å². The van der Waals surface area contributed by atoms with E-state index in [9.17, 15) is 9.90 Å². The molecule has 3 aromatic rings. The smallest absolute Gasteiger partial charge is 0.337 e. The number of hydrogen-bond donors (Lipinski definition) is 2. The standard InChI is InChI=1S/C21H20N2O3S/c1-13-16(6-9-27-13)14-2-3-17-15(5-8-26-20(17)10-14)11-23-19-12-22-7-4-18(19)21(24)25/h2-4,6-7,9-10,12,15,23H,5,8,11H2,1H3,(H,24,25). The van der Waals surface area contributed by atoms with Crippen LogP contribution in [0.2, 0.25) is 0 Å². The first-order valence-electron chi connectivity index (χ1n) is 8.86. The normalized spacial score (nSPS) is 15.7. The molecule has 0 spiro atoms. The van der Waals surface area contributed by atoms with Gasteiger partial charge in [-0.2, -0.15) is 0 Å². The van der Waals surface area contributed by atoms with Crippen LogP contribution in [0.15, 0.2) is 48.1 Å². The van der Waals surface area contributed by atoms with Crippen molar-refractivity contribution in [2.75, 3.05) is 18.5 Å². The maximum absolute atomic E-state index is 11.4. The lowest BCUT2D eigenvalue weighted by molar-refractivity contribution is 0.0697. The Kier molecular flexibility index (Phi) is 4.81. The molecule has 0 bridgehead atoms. The number of carboxylic acid groups (broad SMARTS) is 1. The topological polar surface area (TPSA) is 71.5 Å². The molecule has 27 heavy (non-hydrogen) atoms. The second-order valence-corrected chi connectivity index (χ2v) is 7.70. The highest BCUT2D eigenvalue weighted by molar-refractivity contribution is 7.10. The van der Waals surface area contributed by atoms with Gasteiger partial charge in [0.2, 0.25) is 0 Å². The van der Waals surface area contributed by atoms with E-state index in [1.165, 1.54) is 28.3 Å². The summed E-state index contributed by atoms with van der Waals surface area (Å²) in [6, 6.07) is 10.0. The Morgan fingerprint density at radius 2 is 2.26 bits per heavy atom. The van der Waals surface area contributed by atoms with Gasteiger partial charge in [-0.15, -0.1) is 11.3 Å². The number of aromatic nitrogens is 1. The van der Waals surface area contributed by atoms with Gasteiger partial charge in [-0.3, -0.25) is 4.98 Å². The molecule has 0 aliphatic carbocycles. The summed E-state index contributed by atoms with van der Waals surface area (Å²) in [4.78, 5) is 16.7. The Labute approximate surface area is 161 Å². The number of anilines is 1. The molecule has 1 aliphatic heterocycles. The number of aromatic carboxylic acids is 1. The molecule has 0 saturated heterocycles. The van der Waals surface area contributed by atoms with Gasteiger partial charge in [0.15, 0.2) is 0 Å². The van der Waals surface area contributed by atoms with Crippen molar-refractivity contribution in [2.45, 2.75) is 19.3 Å². The van der Waals surface area contributed by atoms with Gasteiger partial charge in [0.1, 0.15) is 5.75 Å². The SMILES string of the molecule is Cc1sccc1-c1ccc2c(c1)OCCC2CNc1cnccc1C(=O)O. The molecule has 1 aliphatic rings. The van der Waals surface area contributed by atoms with Crippen LogP contribution in [0.25, 0.3) is 11.1 Å². The van der Waals surface area contributed by atoms with E-state index in [1.54, 1.807) is 17.5 Å². The number of aryl methyl sites for hydroxylation is 1. The van der Waals surface area contributed by atoms with Gasteiger partial charge in [-0.05, 0) is 53.6 Å². The van der Waals surface area contributed by atoms with E-state index < -0.39 is 5.97 Å². The van der Waals surface area contributed by atoms with Crippen molar-refractivity contribution < 1.29 is 14.6 Å². The van der Waals surface area contributed by atoms with Crippen molar-refractivity contribution in [2.24, 2.45) is 0 Å². The molecule has 5 nitrogen and oxygen atoms in total. The van der Waals surface area contributed by atoms with Crippen LogP contribution in [0.3, 0.4) is 0 Å². The summed E-state index contributed by atoms with van der Waals surface area (Å²) in [6.07, 6.45) is 3.94. The van der Waals surface area contributed by atoms with Crippen LogP contribution < -0.4 is 10.1 Å². The molecule has 4 rings (SSSR count). The Bertz CT molecular complexity index is 983. The average Bonchev–Trinajstić information content (AvgIpc) is 3.12. The Morgan fingerprint density at radius 3 is 3.04 bits per heavy atom. The quantitative estimate of drug-likeness (QED) is 0.666. The average molecular weight is 380 g/mol. The van der Waals surface area contributed by atoms with Gasteiger partial charge in [0.05, 0.1) is 24.1 Å². The van der Waals surface area contributed by atoms with Crippen LogP contribution in [0, 0.1) is 6.92 Å². The molecule has 2 N–H and O–H groups in total. The van der Waals surface area contributed by atoms with Crippen molar-refractivity contribution in [3.63, 3.8) is 0 Å².